The van der Waals surface area contributed by atoms with Crippen LogP contribution in [-0.2, 0) is 27.3 Å². The van der Waals surface area contributed by atoms with Gasteiger partial charge in [0.25, 0.3) is 0 Å². The number of piperazine rings is 1. The zero-order valence-corrected chi connectivity index (χ0v) is 85.8. The van der Waals surface area contributed by atoms with Crippen LogP contribution in [0.1, 0.15) is 80.9 Å². The second kappa shape index (κ2) is 51.8. The van der Waals surface area contributed by atoms with Crippen LogP contribution in [0.4, 0.5) is 5.69 Å². The number of halogens is 5. The summed E-state index contributed by atoms with van der Waals surface area (Å²) in [6.45, 7) is 20.7. The van der Waals surface area contributed by atoms with Gasteiger partial charge in [0.1, 0.15) is 55.8 Å². The van der Waals surface area contributed by atoms with Crippen molar-refractivity contribution in [2.75, 3.05) is 44.6 Å². The topological polar surface area (TPSA) is 364 Å². The summed E-state index contributed by atoms with van der Waals surface area (Å²) in [5.74, 6) is 13.4. The van der Waals surface area contributed by atoms with Gasteiger partial charge in [0.2, 0.25) is 0 Å². The normalized spacial score (nSPS) is 11.5. The standard InChI is InChI=1S/C32H37N9.C23H17BrN6.C16H10BrN3.C10H5BrN2.C9H5BrN2O.C7H9N3.C6H6IN.O2Se/c1-23(2)40-18-16-39(17-19-40)15-14-33-26-20-30-27(34-21-26)12-13-29(36-30)32-31(28-11-7-8-24(3)35-28)37-38-41(32)22-25-9-5-4-6-10-25;1-15-6-5-9-19(26-15)22-23(30(29-28-22)14-16-7-3-2-4-8-16)20-11-10-18-21(27-20)12-17(24)13-25-18;1-11-3-2-4-13(19-11)5-6-14-7-8-15-16(20-14)9-12(17)10-18-15;1-2-8-3-4-9-10(13-8)5-7(11)6-12-9;10-6-3-9-8(11-4-6)2-1-7(5-13)12-9;8-10-9-6-7-4-2-1-3-5-7;1-5-3-2-4-6(7)8-5;1-3-2/h4-13,20-21,23,33H,14-19,22H2,1-3H3;2-13H,14H2,1H3;2-4,7-10H,1H3;1,3-6H;1-5H;1-5H,6H2,(H2,8,9);2-4H,1H3;/p+1. The van der Waals surface area contributed by atoms with E-state index in [0.717, 1.165) is 207 Å². The van der Waals surface area contributed by atoms with E-state index >= 15 is 0 Å². The quantitative estimate of drug-likeness (QED) is 0.0118. The first-order valence-corrected chi connectivity index (χ1v) is 48.8. The number of hydrogen-bond donors (Lipinski definition) is 3. The van der Waals surface area contributed by atoms with E-state index in [2.05, 4.69) is 249 Å². The van der Waals surface area contributed by atoms with Crippen molar-refractivity contribution in [3.8, 4) is 69.7 Å². The summed E-state index contributed by atoms with van der Waals surface area (Å²) in [5, 5.41) is 27.6. The molecule has 4 N–H and O–H groups in total. The average molecular weight is 2270 g/mol. The van der Waals surface area contributed by atoms with Crippen molar-refractivity contribution in [2.24, 2.45) is 11.1 Å². The molecule has 29 nitrogen and oxygen atoms in total. The molecule has 0 amide bonds. The van der Waals surface area contributed by atoms with E-state index in [1.54, 1.807) is 43.0 Å². The van der Waals surface area contributed by atoms with Crippen molar-refractivity contribution in [3.05, 3.63) is 370 Å². The van der Waals surface area contributed by atoms with Crippen LogP contribution < -0.4 is 16.3 Å². The van der Waals surface area contributed by atoms with Gasteiger partial charge < -0.3 is 5.32 Å². The first-order chi connectivity index (χ1) is 67.1. The van der Waals surface area contributed by atoms with Gasteiger partial charge in [0, 0.05) is 111 Å². The minimum absolute atomic E-state index is 0.424. The van der Waals surface area contributed by atoms with Crippen LogP contribution in [0.5, 0.6) is 0 Å². The van der Waals surface area contributed by atoms with Gasteiger partial charge in [-0.05, 0) is 296 Å². The number of aromatic nitrogens is 20. The summed E-state index contributed by atoms with van der Waals surface area (Å²) in [5.41, 5.74) is 25.2. The van der Waals surface area contributed by atoms with Crippen LogP contribution in [-0.4, -0.2) is 176 Å². The number of terminal acetylenes is 1. The van der Waals surface area contributed by atoms with E-state index in [9.17, 15) is 4.79 Å². The molecule has 35 heteroatoms. The number of rotatable bonds is 16. The first-order valence-electron chi connectivity index (χ1n) is 43.2. The van der Waals surface area contributed by atoms with Gasteiger partial charge in [-0.2, -0.15) is 11.0 Å². The zero-order chi connectivity index (χ0) is 97.1. The van der Waals surface area contributed by atoms with Crippen molar-refractivity contribution in [3.63, 3.8) is 0 Å². The van der Waals surface area contributed by atoms with Crippen molar-refractivity contribution in [1.82, 2.24) is 110 Å². The third kappa shape index (κ3) is 30.3. The van der Waals surface area contributed by atoms with E-state index in [4.69, 9.17) is 34.9 Å². The average Bonchev–Trinajstić information content (AvgIpc) is 1.61. The molecule has 3 aromatic carbocycles. The molecule has 0 spiro atoms. The molecule has 0 atom stereocenters. The number of carbonyl (C=O) groups is 1. The molecule has 0 saturated carbocycles. The van der Waals surface area contributed by atoms with E-state index < -0.39 is 14.8 Å². The number of aldehydes is 1. The molecule has 20 rings (SSSR count). The van der Waals surface area contributed by atoms with Crippen molar-refractivity contribution in [1.29, 1.82) is 0 Å². The Hall–Kier alpha value is -14.0. The Balaban J connectivity index is 0.000000145. The van der Waals surface area contributed by atoms with E-state index in [1.165, 1.54) is 5.56 Å². The Bertz CT molecular complexity index is 7540. The Morgan fingerprint density at radius 3 is 1.30 bits per heavy atom. The Labute approximate surface area is 850 Å². The zero-order valence-electron chi connectivity index (χ0n) is 75.6. The second-order valence-electron chi connectivity index (χ2n) is 30.9. The molecule has 1 saturated heterocycles. The number of nitrogens with zero attached hydrogens (tertiary/aromatic N) is 23. The van der Waals surface area contributed by atoms with Gasteiger partial charge in [0.15, 0.2) is 6.29 Å². The third-order valence-electron chi connectivity index (χ3n) is 20.6. The summed E-state index contributed by atoms with van der Waals surface area (Å²) in [6, 6.07) is 83.1. The minimum atomic E-state index is -1.62. The van der Waals surface area contributed by atoms with Crippen LogP contribution in [0.25, 0.3) is 101 Å². The van der Waals surface area contributed by atoms with Gasteiger partial charge >= 0.3 is 22.5 Å². The molecule has 1 fully saturated rings. The third-order valence-corrected chi connectivity index (χ3v) is 22.9. The van der Waals surface area contributed by atoms with Crippen LogP contribution in [0, 0.1) is 55.6 Å². The maximum atomic E-state index is 10.4. The summed E-state index contributed by atoms with van der Waals surface area (Å²) in [4.78, 5) is 77.9. The Morgan fingerprint density at radius 1 is 0.449 bits per heavy atom. The van der Waals surface area contributed by atoms with Gasteiger partial charge in [-0.3, -0.25) is 49.5 Å². The van der Waals surface area contributed by atoms with Crippen LogP contribution in [0.15, 0.2) is 309 Å². The molecule has 1 aliphatic rings. The molecule has 19 aromatic rings. The number of benzene rings is 3. The van der Waals surface area contributed by atoms with Crippen molar-refractivity contribution < 1.29 is 17.6 Å². The van der Waals surface area contributed by atoms with E-state index in [1.807, 2.05) is 250 Å². The molecular weight excluding hydrogens is 2170 g/mol. The first kappa shape index (κ1) is 101. The fourth-order valence-corrected chi connectivity index (χ4v) is 15.8. The predicted molar refractivity (Wildman–Crippen MR) is 560 cm³/mol. The molecule has 1 aliphatic heterocycles. The number of pyridine rings is 14. The summed E-state index contributed by atoms with van der Waals surface area (Å²) in [7, 11) is 0. The molecule has 17 heterocycles. The second-order valence-corrected chi connectivity index (χ2v) is 36.0. The maximum absolute atomic E-state index is 10.4. The predicted octanol–water partition coefficient (Wildman–Crippen LogP) is 18.9. The van der Waals surface area contributed by atoms with Gasteiger partial charge in [-0.1, -0.05) is 132 Å². The molecule has 138 heavy (non-hydrogen) atoms. The molecule has 0 bridgehead atoms. The number of anilines is 1. The molecule has 0 radical (unpaired) electrons. The molecular formula is C103H90Br4IN26O3Se+. The van der Waals surface area contributed by atoms with E-state index in [-0.39, 0.29) is 0 Å². The van der Waals surface area contributed by atoms with Crippen LogP contribution in [0.2, 0.25) is 0 Å². The molecule has 0 aliphatic carbocycles. The van der Waals surface area contributed by atoms with Crippen molar-refractivity contribution >= 4 is 168 Å². The number of nitrogens with one attached hydrogen (secondary N) is 2. The van der Waals surface area contributed by atoms with E-state index in [0.29, 0.717) is 48.5 Å². The SMILES string of the molecule is C#Cc1ccc2ncc(Br)cc2n1.Cc1cccc(-c2nnn(Cc3ccccc3)c2-c2ccc3ncc(Br)cc3n2)n1.Cc1cccc(-c2nnn(Cc3ccccc3)c2-c2ccc3ncc(NCCN4CCN(C(C)C)CC4)cc3n2)n1.Cc1cccc(C#Cc2ccc3ncc(Br)cc3n2)n1.Cc1cccc(I)n1.NN=[NH+]Cc1ccccc1.O=Cc1ccc2ncc(Br)cc2n1.O=[Se]=O. The van der Waals surface area contributed by atoms with Gasteiger partial charge in [-0.25, -0.2) is 44.3 Å². The fraction of sp³-hybridized carbons (Fsp3) is 0.155. The number of hydrogen-bond acceptors (Lipinski definition) is 25. The van der Waals surface area contributed by atoms with Crippen molar-refractivity contribution in [2.45, 2.75) is 67.2 Å². The van der Waals surface area contributed by atoms with Gasteiger partial charge in [0.05, 0.1) is 108 Å². The number of aryl methyl sites for hydroxylation is 4. The molecule has 0 unspecified atom stereocenters. The van der Waals surface area contributed by atoms with Crippen LogP contribution >= 0.6 is 86.3 Å². The summed E-state index contributed by atoms with van der Waals surface area (Å²) >= 11 is 14.1. The number of nitrogens with two attached hydrogens (primary N) is 1. The summed E-state index contributed by atoms with van der Waals surface area (Å²) < 4.78 is 25.3. The number of carbonyl (C=O) groups excluding carboxylic acids is 1. The monoisotopic (exact) mass is 2260 g/mol. The van der Waals surface area contributed by atoms with Crippen LogP contribution in [0.3, 0.4) is 0 Å². The Morgan fingerprint density at radius 2 is 0.855 bits per heavy atom. The Kier molecular flexibility index (Phi) is 38.1. The number of fused-ring (bicyclic) bond motifs is 5. The fourth-order valence-electron chi connectivity index (χ4n) is 13.9. The van der Waals surface area contributed by atoms with Gasteiger partial charge in [-0.15, -0.1) is 16.6 Å². The molecule has 16 aromatic heterocycles. The molecule has 690 valence electrons. The summed E-state index contributed by atoms with van der Waals surface area (Å²) in [6.07, 6.45) is 14.8.